The molecule has 0 aliphatic heterocycles. The molecule has 146 valence electrons. The van der Waals surface area contributed by atoms with E-state index in [4.69, 9.17) is 4.74 Å². The molecule has 0 saturated heterocycles. The fourth-order valence-electron chi connectivity index (χ4n) is 2.77. The van der Waals surface area contributed by atoms with Crippen molar-refractivity contribution in [1.29, 1.82) is 0 Å². The number of esters is 2. The summed E-state index contributed by atoms with van der Waals surface area (Å²) in [5.74, 6) is -2.05. The molecule has 0 bridgehead atoms. The summed E-state index contributed by atoms with van der Waals surface area (Å²) in [4.78, 5) is 36.4. The third-order valence-electron chi connectivity index (χ3n) is 4.16. The summed E-state index contributed by atoms with van der Waals surface area (Å²) < 4.78 is 9.31. The monoisotopic (exact) mass is 381 g/mol. The van der Waals surface area contributed by atoms with E-state index in [1.165, 1.54) is 26.4 Å². The molecule has 2 rings (SSSR count). The maximum absolute atomic E-state index is 13.1. The molecule has 0 aliphatic rings. The SMILES string of the molecule is COC(=O)/C=C/C[C@H](NC(=O)C(c1ccccc1)c1ccccc1)C(=O)OC. The summed E-state index contributed by atoms with van der Waals surface area (Å²) in [5, 5.41) is 2.74. The van der Waals surface area contributed by atoms with Crippen LogP contribution in [0.4, 0.5) is 0 Å². The molecular formula is C22H23NO5. The Bertz CT molecular complexity index is 778. The summed E-state index contributed by atoms with van der Waals surface area (Å²) >= 11 is 0. The topological polar surface area (TPSA) is 81.7 Å². The number of nitrogens with one attached hydrogen (secondary N) is 1. The van der Waals surface area contributed by atoms with Gasteiger partial charge in [-0.15, -0.1) is 0 Å². The summed E-state index contributed by atoms with van der Waals surface area (Å²) in [5.41, 5.74) is 1.61. The van der Waals surface area contributed by atoms with Crippen molar-refractivity contribution in [3.63, 3.8) is 0 Å². The molecule has 0 aromatic heterocycles. The highest BCUT2D eigenvalue weighted by Crippen LogP contribution is 2.25. The molecule has 2 aromatic rings. The Kier molecular flexibility index (Phi) is 7.96. The van der Waals surface area contributed by atoms with Gasteiger partial charge in [-0.1, -0.05) is 66.7 Å². The van der Waals surface area contributed by atoms with Crippen LogP contribution in [-0.4, -0.2) is 38.1 Å². The maximum atomic E-state index is 13.1. The molecule has 0 heterocycles. The van der Waals surface area contributed by atoms with Crippen LogP contribution in [0.25, 0.3) is 0 Å². The van der Waals surface area contributed by atoms with Gasteiger partial charge in [-0.05, 0) is 17.5 Å². The van der Waals surface area contributed by atoms with Crippen LogP contribution in [0.3, 0.4) is 0 Å². The van der Waals surface area contributed by atoms with Crippen LogP contribution in [0.1, 0.15) is 23.5 Å². The van der Waals surface area contributed by atoms with Crippen LogP contribution in [0.5, 0.6) is 0 Å². The number of rotatable bonds is 8. The van der Waals surface area contributed by atoms with E-state index < -0.39 is 23.9 Å². The third-order valence-corrected chi connectivity index (χ3v) is 4.16. The highest BCUT2D eigenvalue weighted by Gasteiger charge is 2.27. The smallest absolute Gasteiger partial charge is 0.330 e. The number of carbonyl (C=O) groups is 3. The largest absolute Gasteiger partial charge is 0.467 e. The molecule has 1 amide bonds. The molecule has 0 radical (unpaired) electrons. The van der Waals surface area contributed by atoms with Gasteiger partial charge in [0.2, 0.25) is 5.91 Å². The number of methoxy groups -OCH3 is 2. The van der Waals surface area contributed by atoms with E-state index in [9.17, 15) is 14.4 Å². The van der Waals surface area contributed by atoms with Gasteiger partial charge >= 0.3 is 11.9 Å². The van der Waals surface area contributed by atoms with Crippen LogP contribution in [0.2, 0.25) is 0 Å². The number of benzene rings is 2. The van der Waals surface area contributed by atoms with Crippen LogP contribution in [-0.2, 0) is 23.9 Å². The maximum Gasteiger partial charge on any atom is 0.330 e. The lowest BCUT2D eigenvalue weighted by atomic mass is 9.90. The van der Waals surface area contributed by atoms with Gasteiger partial charge in [0.1, 0.15) is 6.04 Å². The zero-order valence-corrected chi connectivity index (χ0v) is 15.8. The normalized spacial score (nSPS) is 11.8. The predicted octanol–water partition coefficient (Wildman–Crippen LogP) is 2.60. The fraction of sp³-hybridized carbons (Fsp3) is 0.227. The summed E-state index contributed by atoms with van der Waals surface area (Å²) in [6, 6.07) is 17.7. The van der Waals surface area contributed by atoms with Gasteiger partial charge in [0.05, 0.1) is 20.1 Å². The lowest BCUT2D eigenvalue weighted by molar-refractivity contribution is -0.145. The van der Waals surface area contributed by atoms with E-state index in [0.717, 1.165) is 11.1 Å². The van der Waals surface area contributed by atoms with Crippen molar-refractivity contribution in [2.75, 3.05) is 14.2 Å². The number of carbonyl (C=O) groups excluding carboxylic acids is 3. The number of ether oxygens (including phenoxy) is 2. The van der Waals surface area contributed by atoms with Gasteiger partial charge in [-0.3, -0.25) is 4.79 Å². The van der Waals surface area contributed by atoms with Crippen LogP contribution < -0.4 is 5.32 Å². The zero-order chi connectivity index (χ0) is 20.4. The molecule has 0 saturated carbocycles. The summed E-state index contributed by atoms with van der Waals surface area (Å²) in [6.45, 7) is 0. The zero-order valence-electron chi connectivity index (χ0n) is 15.8. The van der Waals surface area contributed by atoms with Gasteiger partial charge in [-0.2, -0.15) is 0 Å². The molecule has 6 nitrogen and oxygen atoms in total. The molecule has 0 unspecified atom stereocenters. The average Bonchev–Trinajstić information content (AvgIpc) is 2.74. The van der Waals surface area contributed by atoms with Crippen molar-refractivity contribution in [3.8, 4) is 0 Å². The highest BCUT2D eigenvalue weighted by molar-refractivity contribution is 5.91. The molecule has 6 heteroatoms. The van der Waals surface area contributed by atoms with Crippen molar-refractivity contribution in [2.24, 2.45) is 0 Å². The van der Waals surface area contributed by atoms with Gasteiger partial charge in [0.15, 0.2) is 0 Å². The molecule has 0 fully saturated rings. The molecular weight excluding hydrogens is 358 g/mol. The van der Waals surface area contributed by atoms with E-state index in [-0.39, 0.29) is 12.3 Å². The first-order valence-electron chi connectivity index (χ1n) is 8.79. The molecule has 28 heavy (non-hydrogen) atoms. The Balaban J connectivity index is 2.25. The molecule has 0 aliphatic carbocycles. The highest BCUT2D eigenvalue weighted by atomic mass is 16.5. The van der Waals surface area contributed by atoms with Crippen molar-refractivity contribution >= 4 is 17.8 Å². The Labute approximate surface area is 164 Å². The first kappa shape index (κ1) is 20.9. The number of hydrogen-bond donors (Lipinski definition) is 1. The first-order chi connectivity index (χ1) is 13.6. The summed E-state index contributed by atoms with van der Waals surface area (Å²) in [7, 11) is 2.51. The minimum atomic E-state index is -0.923. The second-order valence-electron chi connectivity index (χ2n) is 6.00. The Morgan fingerprint density at radius 2 is 1.43 bits per heavy atom. The minimum absolute atomic E-state index is 0.101. The molecule has 1 atom stereocenters. The fourth-order valence-corrected chi connectivity index (χ4v) is 2.77. The number of hydrogen-bond acceptors (Lipinski definition) is 5. The van der Waals surface area contributed by atoms with Gasteiger partial charge < -0.3 is 14.8 Å². The van der Waals surface area contributed by atoms with Gasteiger partial charge in [-0.25, -0.2) is 9.59 Å². The lowest BCUT2D eigenvalue weighted by Gasteiger charge is -2.21. The third kappa shape index (κ3) is 5.81. The number of amides is 1. The van der Waals surface area contributed by atoms with Crippen LogP contribution >= 0.6 is 0 Å². The minimum Gasteiger partial charge on any atom is -0.467 e. The van der Waals surface area contributed by atoms with E-state index >= 15 is 0 Å². The van der Waals surface area contributed by atoms with Crippen molar-refractivity contribution in [2.45, 2.75) is 18.4 Å². The van der Waals surface area contributed by atoms with E-state index in [1.54, 1.807) is 0 Å². The second kappa shape index (κ2) is 10.7. The Morgan fingerprint density at radius 3 is 1.89 bits per heavy atom. The molecule has 1 N–H and O–H groups in total. The molecule has 0 spiro atoms. The predicted molar refractivity (Wildman–Crippen MR) is 104 cm³/mol. The average molecular weight is 381 g/mol. The van der Waals surface area contributed by atoms with Gasteiger partial charge in [0.25, 0.3) is 0 Å². The van der Waals surface area contributed by atoms with Gasteiger partial charge in [0, 0.05) is 6.08 Å². The Hall–Kier alpha value is -3.41. The van der Waals surface area contributed by atoms with E-state index in [0.29, 0.717) is 0 Å². The van der Waals surface area contributed by atoms with E-state index in [2.05, 4.69) is 10.1 Å². The first-order valence-corrected chi connectivity index (χ1v) is 8.79. The van der Waals surface area contributed by atoms with Crippen molar-refractivity contribution in [1.82, 2.24) is 5.32 Å². The second-order valence-corrected chi connectivity index (χ2v) is 6.00. The molecule has 2 aromatic carbocycles. The quantitative estimate of drug-likeness (QED) is 0.561. The van der Waals surface area contributed by atoms with E-state index in [1.807, 2.05) is 60.7 Å². The van der Waals surface area contributed by atoms with Crippen molar-refractivity contribution in [3.05, 3.63) is 83.9 Å². The van der Waals surface area contributed by atoms with Crippen LogP contribution in [0, 0.1) is 0 Å². The Morgan fingerprint density at radius 1 is 0.893 bits per heavy atom. The van der Waals surface area contributed by atoms with Crippen LogP contribution in [0.15, 0.2) is 72.8 Å². The standard InChI is InChI=1S/C22H23NO5/c1-27-19(24)15-9-14-18(22(26)28-2)23-21(25)20(16-10-5-3-6-11-16)17-12-7-4-8-13-17/h3-13,15,18,20H,14H2,1-2H3,(H,23,25)/b15-9+/t18-/m0/s1. The summed E-state index contributed by atoms with van der Waals surface area (Å²) in [6.07, 6.45) is 2.77. The van der Waals surface area contributed by atoms with Crippen molar-refractivity contribution < 1.29 is 23.9 Å². The lowest BCUT2D eigenvalue weighted by Crippen LogP contribution is -2.43.